The lowest BCUT2D eigenvalue weighted by molar-refractivity contribution is -0.143. The number of hydrogen-bond acceptors (Lipinski definition) is 3. The summed E-state index contributed by atoms with van der Waals surface area (Å²) in [5.41, 5.74) is -4.56. The lowest BCUT2D eigenvalue weighted by atomic mass is 9.93. The van der Waals surface area contributed by atoms with Crippen LogP contribution in [0.2, 0.25) is 0 Å². The van der Waals surface area contributed by atoms with E-state index in [-0.39, 0.29) is 34.1 Å². The van der Waals surface area contributed by atoms with Crippen LogP contribution in [-0.2, 0) is 29.8 Å². The summed E-state index contributed by atoms with van der Waals surface area (Å²) in [6.07, 6.45) is -18.0. The number of ether oxygens (including phenoxy) is 2. The van der Waals surface area contributed by atoms with Gasteiger partial charge in [0, 0.05) is 17.2 Å². The van der Waals surface area contributed by atoms with Crippen LogP contribution >= 0.6 is 0 Å². The van der Waals surface area contributed by atoms with Crippen molar-refractivity contribution >= 4 is 11.7 Å². The molecule has 0 N–H and O–H groups in total. The number of methoxy groups -OCH3 is 1. The number of cyclic esters (lactones) is 1. The highest BCUT2D eigenvalue weighted by molar-refractivity contribution is 5.79. The molecule has 14 heteroatoms. The number of rotatable bonds is 6. The lowest BCUT2D eigenvalue weighted by Gasteiger charge is -2.24. The Kier molecular flexibility index (Phi) is 8.44. The smallest absolute Gasteiger partial charge is 0.416 e. The van der Waals surface area contributed by atoms with Gasteiger partial charge in [0.15, 0.2) is 0 Å². The highest BCUT2D eigenvalue weighted by Gasteiger charge is 2.44. The van der Waals surface area contributed by atoms with Gasteiger partial charge in [0.2, 0.25) is 0 Å². The number of alkyl halides is 9. The minimum absolute atomic E-state index is 0.0330. The second-order valence-electron chi connectivity index (χ2n) is 10.2. The van der Waals surface area contributed by atoms with Crippen molar-refractivity contribution in [3.63, 3.8) is 0 Å². The van der Waals surface area contributed by atoms with Gasteiger partial charge in [0.05, 0.1) is 36.4 Å². The first kappa shape index (κ1) is 32.7. The van der Waals surface area contributed by atoms with E-state index in [1.807, 2.05) is 0 Å². The highest BCUT2D eigenvalue weighted by Crippen LogP contribution is 2.43. The van der Waals surface area contributed by atoms with Crippen LogP contribution in [0.5, 0.6) is 5.75 Å². The molecule has 1 aliphatic rings. The largest absolute Gasteiger partial charge is 0.496 e. The van der Waals surface area contributed by atoms with E-state index >= 15 is 0 Å². The molecule has 0 radical (unpaired) electrons. The molecule has 1 saturated heterocycles. The summed E-state index contributed by atoms with van der Waals surface area (Å²) in [6, 6.07) is 4.44. The molecule has 0 aromatic heterocycles. The molecule has 1 amide bonds. The van der Waals surface area contributed by atoms with Gasteiger partial charge in [-0.3, -0.25) is 4.90 Å². The van der Waals surface area contributed by atoms with Crippen molar-refractivity contribution in [2.24, 2.45) is 0 Å². The zero-order valence-corrected chi connectivity index (χ0v) is 23.1. The summed E-state index contributed by atoms with van der Waals surface area (Å²) in [5, 5.41) is 0. The van der Waals surface area contributed by atoms with Crippen LogP contribution in [0.15, 0.2) is 55.1 Å². The van der Waals surface area contributed by atoms with Crippen molar-refractivity contribution in [1.29, 1.82) is 0 Å². The van der Waals surface area contributed by atoms with Crippen molar-refractivity contribution in [2.45, 2.75) is 51.1 Å². The molecule has 0 saturated carbocycles. The Bertz CT molecular complexity index is 1580. The van der Waals surface area contributed by atoms with Gasteiger partial charge < -0.3 is 9.47 Å². The maximum absolute atomic E-state index is 14.6. The molecule has 3 aromatic carbocycles. The fourth-order valence-corrected chi connectivity index (χ4v) is 4.91. The average molecular weight is 635 g/mol. The SMILES string of the molecule is C=C(C)c1cc(-c2ccc(C(F)(F)F)cc2CN2C(=O)OC(c3cc(C(F)(F)F)cc(C(F)(F)F)c3)[C@@H]2C)c(OC)cc1F. The molecule has 236 valence electrons. The maximum atomic E-state index is 14.6. The van der Waals surface area contributed by atoms with Crippen LogP contribution in [0.3, 0.4) is 0 Å². The number of nitrogens with zero attached hydrogens (tertiary/aromatic N) is 1. The first-order valence-corrected chi connectivity index (χ1v) is 12.7. The third-order valence-corrected chi connectivity index (χ3v) is 7.14. The van der Waals surface area contributed by atoms with Crippen LogP contribution < -0.4 is 4.74 Å². The predicted octanol–water partition coefficient (Wildman–Crippen LogP) is 9.67. The number of hydrogen-bond donors (Lipinski definition) is 0. The average Bonchev–Trinajstić information content (AvgIpc) is 3.19. The minimum Gasteiger partial charge on any atom is -0.496 e. The molecule has 4 nitrogen and oxygen atoms in total. The molecule has 1 unspecified atom stereocenters. The third-order valence-electron chi connectivity index (χ3n) is 7.14. The van der Waals surface area contributed by atoms with E-state index in [2.05, 4.69) is 6.58 Å². The Morgan fingerprint density at radius 3 is 1.93 bits per heavy atom. The molecule has 1 heterocycles. The Balaban J connectivity index is 1.82. The van der Waals surface area contributed by atoms with Crippen molar-refractivity contribution in [2.75, 3.05) is 7.11 Å². The Morgan fingerprint density at radius 1 is 0.864 bits per heavy atom. The fraction of sp³-hybridized carbons (Fsp3) is 0.300. The van der Waals surface area contributed by atoms with E-state index in [0.717, 1.165) is 29.2 Å². The van der Waals surface area contributed by atoms with Crippen molar-refractivity contribution in [1.82, 2.24) is 4.90 Å². The summed E-state index contributed by atoms with van der Waals surface area (Å²) < 4.78 is 147. The van der Waals surface area contributed by atoms with Crippen LogP contribution in [-0.4, -0.2) is 24.1 Å². The van der Waals surface area contributed by atoms with Gasteiger partial charge in [0.25, 0.3) is 0 Å². The molecule has 1 aliphatic heterocycles. The molecule has 0 aliphatic carbocycles. The number of allylic oxidation sites excluding steroid dienone is 1. The van der Waals surface area contributed by atoms with Crippen LogP contribution in [0.25, 0.3) is 16.7 Å². The first-order chi connectivity index (χ1) is 20.2. The number of benzene rings is 3. The predicted molar refractivity (Wildman–Crippen MR) is 139 cm³/mol. The molecule has 1 fully saturated rings. The summed E-state index contributed by atoms with van der Waals surface area (Å²) in [5.74, 6) is -0.780. The zero-order valence-electron chi connectivity index (χ0n) is 23.1. The van der Waals surface area contributed by atoms with Gasteiger partial charge in [-0.05, 0) is 72.5 Å². The monoisotopic (exact) mass is 635 g/mol. The van der Waals surface area contributed by atoms with Crippen molar-refractivity contribution in [3.05, 3.63) is 94.3 Å². The first-order valence-electron chi connectivity index (χ1n) is 12.7. The molecule has 0 spiro atoms. The number of carbonyl (C=O) groups excluding carboxylic acids is 1. The fourth-order valence-electron chi connectivity index (χ4n) is 4.91. The van der Waals surface area contributed by atoms with Crippen molar-refractivity contribution < 1.29 is 58.2 Å². The van der Waals surface area contributed by atoms with Gasteiger partial charge in [0.1, 0.15) is 17.7 Å². The quantitative estimate of drug-likeness (QED) is 0.253. The molecule has 2 atom stereocenters. The molecule has 4 rings (SSSR count). The second kappa shape index (κ2) is 11.4. The maximum Gasteiger partial charge on any atom is 0.416 e. The van der Waals surface area contributed by atoms with Gasteiger partial charge >= 0.3 is 24.6 Å². The molecule has 44 heavy (non-hydrogen) atoms. The topological polar surface area (TPSA) is 38.8 Å². The molecular weight excluding hydrogens is 612 g/mol. The Labute approximate surface area is 244 Å². The van der Waals surface area contributed by atoms with E-state index in [1.165, 1.54) is 27.0 Å². The molecule has 3 aromatic rings. The van der Waals surface area contributed by atoms with Gasteiger partial charge in [-0.25, -0.2) is 9.18 Å². The van der Waals surface area contributed by atoms with Gasteiger partial charge in [-0.2, -0.15) is 39.5 Å². The number of halogens is 10. The minimum atomic E-state index is -5.16. The third kappa shape index (κ3) is 6.48. The second-order valence-corrected chi connectivity index (χ2v) is 10.2. The standard InChI is InChI=1S/C30H23F10NO3/c1-14(2)22-11-23(25(43-4)12-24(22)31)21-6-5-18(28(32,33)34)9-17(21)13-41-15(3)26(44-27(41)42)16-7-19(29(35,36)37)10-20(8-16)30(38,39)40/h5-12,15,26H,1,13H2,2-4H3/t15-,26?/m0/s1. The van der Waals surface area contributed by atoms with E-state index in [4.69, 9.17) is 9.47 Å². The summed E-state index contributed by atoms with van der Waals surface area (Å²) in [4.78, 5) is 13.8. The van der Waals surface area contributed by atoms with Crippen LogP contribution in [0.4, 0.5) is 48.7 Å². The Morgan fingerprint density at radius 2 is 1.43 bits per heavy atom. The highest BCUT2D eigenvalue weighted by atomic mass is 19.4. The van der Waals surface area contributed by atoms with Gasteiger partial charge in [-0.1, -0.05) is 12.6 Å². The zero-order chi connectivity index (χ0) is 32.9. The summed E-state index contributed by atoms with van der Waals surface area (Å²) >= 11 is 0. The van der Waals surface area contributed by atoms with E-state index in [1.54, 1.807) is 0 Å². The number of carbonyl (C=O) groups is 1. The molecule has 0 bridgehead atoms. The van der Waals surface area contributed by atoms with E-state index in [0.29, 0.717) is 17.7 Å². The lowest BCUT2D eigenvalue weighted by Crippen LogP contribution is -2.32. The van der Waals surface area contributed by atoms with Crippen LogP contribution in [0, 0.1) is 5.82 Å². The normalized spacial score (nSPS) is 17.6. The Hall–Kier alpha value is -4.23. The summed E-state index contributed by atoms with van der Waals surface area (Å²) in [6.45, 7) is 5.86. The van der Waals surface area contributed by atoms with E-state index in [9.17, 15) is 48.7 Å². The molecular formula is C30H23F10NO3. The summed E-state index contributed by atoms with van der Waals surface area (Å²) in [7, 11) is 1.21. The van der Waals surface area contributed by atoms with Gasteiger partial charge in [-0.15, -0.1) is 0 Å². The van der Waals surface area contributed by atoms with E-state index < -0.39 is 71.4 Å². The van der Waals surface area contributed by atoms with Crippen LogP contribution in [0.1, 0.15) is 53.3 Å². The number of amides is 1. The van der Waals surface area contributed by atoms with Crippen molar-refractivity contribution in [3.8, 4) is 16.9 Å².